The summed E-state index contributed by atoms with van der Waals surface area (Å²) in [4.78, 5) is 6.57. The van der Waals surface area contributed by atoms with Crippen molar-refractivity contribution in [3.05, 3.63) is 23.8 Å². The van der Waals surface area contributed by atoms with E-state index in [0.717, 1.165) is 63.0 Å². The van der Waals surface area contributed by atoms with E-state index in [9.17, 15) is 0 Å². The van der Waals surface area contributed by atoms with Crippen molar-refractivity contribution in [2.75, 3.05) is 54.6 Å². The van der Waals surface area contributed by atoms with Crippen LogP contribution in [0.2, 0.25) is 0 Å². The Hall–Kier alpha value is -1.95. The second kappa shape index (κ2) is 10.1. The summed E-state index contributed by atoms with van der Waals surface area (Å²) in [6.45, 7) is 3.61. The van der Waals surface area contributed by atoms with Crippen LogP contribution in [0.25, 0.3) is 0 Å². The maximum absolute atomic E-state index is 5.45. The number of nitrogens with one attached hydrogen (secondary N) is 1. The Morgan fingerprint density at radius 2 is 2.12 bits per heavy atom. The third-order valence-corrected chi connectivity index (χ3v) is 4.50. The van der Waals surface area contributed by atoms with Gasteiger partial charge in [0.2, 0.25) is 0 Å². The molecule has 1 atom stereocenters. The Bertz CT molecular complexity index is 557. The van der Waals surface area contributed by atoms with E-state index in [2.05, 4.69) is 28.3 Å². The number of ether oxygens (including phenoxy) is 3. The van der Waals surface area contributed by atoms with Gasteiger partial charge in [-0.1, -0.05) is 6.07 Å². The van der Waals surface area contributed by atoms with Crippen LogP contribution in [0.15, 0.2) is 23.2 Å². The molecule has 0 radical (unpaired) electrons. The van der Waals surface area contributed by atoms with Gasteiger partial charge in [-0.15, -0.1) is 0 Å². The van der Waals surface area contributed by atoms with Crippen molar-refractivity contribution in [2.24, 2.45) is 10.9 Å². The van der Waals surface area contributed by atoms with Crippen molar-refractivity contribution < 1.29 is 14.2 Å². The van der Waals surface area contributed by atoms with Crippen molar-refractivity contribution in [2.45, 2.75) is 19.3 Å². The molecule has 1 unspecified atom stereocenters. The molecule has 1 fully saturated rings. The zero-order valence-corrected chi connectivity index (χ0v) is 15.9. The smallest absolute Gasteiger partial charge is 0.193 e. The van der Waals surface area contributed by atoms with Gasteiger partial charge in [0.15, 0.2) is 17.5 Å². The van der Waals surface area contributed by atoms with Gasteiger partial charge in [0.05, 0.1) is 20.8 Å². The number of nitrogens with zero attached hydrogens (tertiary/aromatic N) is 2. The number of hydrogen-bond donors (Lipinski definition) is 1. The van der Waals surface area contributed by atoms with Crippen molar-refractivity contribution in [1.82, 2.24) is 10.2 Å². The fourth-order valence-corrected chi connectivity index (χ4v) is 3.11. The summed E-state index contributed by atoms with van der Waals surface area (Å²) in [5, 5.41) is 3.44. The molecule has 1 saturated heterocycles. The van der Waals surface area contributed by atoms with E-state index in [4.69, 9.17) is 14.2 Å². The average Bonchev–Trinajstić information content (AvgIpc) is 3.14. The molecule has 2 rings (SSSR count). The fourth-order valence-electron chi connectivity index (χ4n) is 3.11. The zero-order valence-electron chi connectivity index (χ0n) is 15.9. The summed E-state index contributed by atoms with van der Waals surface area (Å²) in [6.07, 6.45) is 3.14. The van der Waals surface area contributed by atoms with Gasteiger partial charge < -0.3 is 24.4 Å². The quantitative estimate of drug-likeness (QED) is 0.443. The molecule has 1 aliphatic rings. The first-order valence-electron chi connectivity index (χ1n) is 8.88. The van der Waals surface area contributed by atoms with Crippen molar-refractivity contribution in [1.29, 1.82) is 0 Å². The Morgan fingerprint density at radius 3 is 2.76 bits per heavy atom. The van der Waals surface area contributed by atoms with Crippen molar-refractivity contribution in [3.63, 3.8) is 0 Å². The molecule has 0 saturated carbocycles. The van der Waals surface area contributed by atoms with E-state index >= 15 is 0 Å². The summed E-state index contributed by atoms with van der Waals surface area (Å²) < 4.78 is 16.1. The molecule has 1 aromatic carbocycles. The molecule has 6 heteroatoms. The third kappa shape index (κ3) is 5.81. The summed E-state index contributed by atoms with van der Waals surface area (Å²) in [7, 11) is 7.24. The lowest BCUT2D eigenvalue weighted by molar-refractivity contribution is 0.181. The molecule has 25 heavy (non-hydrogen) atoms. The second-order valence-corrected chi connectivity index (χ2v) is 6.38. The maximum Gasteiger partial charge on any atom is 0.193 e. The van der Waals surface area contributed by atoms with Gasteiger partial charge in [-0.3, -0.25) is 4.99 Å². The number of aliphatic imine (C=N–C) groups is 1. The first-order chi connectivity index (χ1) is 12.2. The summed E-state index contributed by atoms with van der Waals surface area (Å²) in [5.41, 5.74) is 1.24. The van der Waals surface area contributed by atoms with E-state index < -0.39 is 0 Å². The Labute approximate surface area is 151 Å². The van der Waals surface area contributed by atoms with Crippen LogP contribution in [0.1, 0.15) is 18.4 Å². The molecule has 6 nitrogen and oxygen atoms in total. The van der Waals surface area contributed by atoms with Gasteiger partial charge in [0.1, 0.15) is 0 Å². The second-order valence-electron chi connectivity index (χ2n) is 6.38. The molecule has 1 N–H and O–H groups in total. The molecule has 0 aromatic heterocycles. The highest BCUT2D eigenvalue weighted by molar-refractivity contribution is 5.79. The molecule has 1 aromatic rings. The van der Waals surface area contributed by atoms with E-state index in [1.165, 1.54) is 5.56 Å². The predicted molar refractivity (Wildman–Crippen MR) is 101 cm³/mol. The molecule has 1 heterocycles. The van der Waals surface area contributed by atoms with Crippen LogP contribution in [0.3, 0.4) is 0 Å². The molecule has 140 valence electrons. The van der Waals surface area contributed by atoms with Crippen LogP contribution >= 0.6 is 0 Å². The van der Waals surface area contributed by atoms with Crippen LogP contribution in [0, 0.1) is 5.92 Å². The summed E-state index contributed by atoms with van der Waals surface area (Å²) in [5.74, 6) is 3.10. The molecule has 0 amide bonds. The Balaban J connectivity index is 1.75. The van der Waals surface area contributed by atoms with Gasteiger partial charge in [0.25, 0.3) is 0 Å². The topological polar surface area (TPSA) is 55.3 Å². The number of aryl methyl sites for hydroxylation is 1. The van der Waals surface area contributed by atoms with Gasteiger partial charge in [-0.25, -0.2) is 0 Å². The Morgan fingerprint density at radius 1 is 1.32 bits per heavy atom. The minimum Gasteiger partial charge on any atom is -0.493 e. The molecule has 0 bridgehead atoms. The van der Waals surface area contributed by atoms with E-state index in [0.29, 0.717) is 5.92 Å². The minimum atomic E-state index is 0.607. The molecule has 1 aliphatic heterocycles. The van der Waals surface area contributed by atoms with Gasteiger partial charge >= 0.3 is 0 Å². The fraction of sp³-hybridized carbons (Fsp3) is 0.632. The molecule has 0 spiro atoms. The van der Waals surface area contributed by atoms with Crippen LogP contribution in [-0.4, -0.2) is 65.5 Å². The Kier molecular flexibility index (Phi) is 7.85. The first-order valence-corrected chi connectivity index (χ1v) is 8.88. The van der Waals surface area contributed by atoms with E-state index in [1.54, 1.807) is 14.2 Å². The molecule has 0 aliphatic carbocycles. The van der Waals surface area contributed by atoms with Crippen molar-refractivity contribution >= 4 is 5.96 Å². The lowest BCUT2D eigenvalue weighted by Gasteiger charge is -2.24. The predicted octanol–water partition coefficient (Wildman–Crippen LogP) is 2.18. The summed E-state index contributed by atoms with van der Waals surface area (Å²) >= 11 is 0. The third-order valence-electron chi connectivity index (χ3n) is 4.50. The van der Waals surface area contributed by atoms with E-state index in [1.807, 2.05) is 19.2 Å². The molecular weight excluding hydrogens is 318 g/mol. The van der Waals surface area contributed by atoms with Gasteiger partial charge in [-0.2, -0.15) is 0 Å². The highest BCUT2D eigenvalue weighted by Crippen LogP contribution is 2.27. The number of guanidine groups is 1. The minimum absolute atomic E-state index is 0.607. The largest absolute Gasteiger partial charge is 0.493 e. The van der Waals surface area contributed by atoms with Gasteiger partial charge in [-0.05, 0) is 37.0 Å². The number of methoxy groups -OCH3 is 2. The lowest BCUT2D eigenvalue weighted by atomic mass is 10.1. The van der Waals surface area contributed by atoms with Crippen molar-refractivity contribution in [3.8, 4) is 11.5 Å². The maximum atomic E-state index is 5.45. The standard InChI is InChI=1S/C19H31N3O3/c1-20-19(22(2)13-16-9-11-25-14-16)21-10-5-6-15-7-8-17(23-3)18(12-15)24-4/h7-8,12,16H,5-6,9-11,13-14H2,1-4H3,(H,20,21). The van der Waals surface area contributed by atoms with Crippen LogP contribution in [-0.2, 0) is 11.2 Å². The highest BCUT2D eigenvalue weighted by atomic mass is 16.5. The zero-order chi connectivity index (χ0) is 18.1. The average molecular weight is 349 g/mol. The SMILES string of the molecule is CN=C(NCCCc1ccc(OC)c(OC)c1)N(C)CC1CCOC1. The number of hydrogen-bond acceptors (Lipinski definition) is 4. The highest BCUT2D eigenvalue weighted by Gasteiger charge is 2.18. The van der Waals surface area contributed by atoms with Crippen LogP contribution in [0.5, 0.6) is 11.5 Å². The monoisotopic (exact) mass is 349 g/mol. The molecular formula is C19H31N3O3. The normalized spacial score (nSPS) is 17.4. The van der Waals surface area contributed by atoms with E-state index in [-0.39, 0.29) is 0 Å². The summed E-state index contributed by atoms with van der Waals surface area (Å²) in [6, 6.07) is 6.08. The first kappa shape index (κ1) is 19.4. The number of rotatable bonds is 8. The number of benzene rings is 1. The van der Waals surface area contributed by atoms with Crippen LogP contribution < -0.4 is 14.8 Å². The van der Waals surface area contributed by atoms with Crippen LogP contribution in [0.4, 0.5) is 0 Å². The van der Waals surface area contributed by atoms with Gasteiger partial charge in [0, 0.05) is 39.7 Å². The lowest BCUT2D eigenvalue weighted by Crippen LogP contribution is -2.41.